The zero-order chi connectivity index (χ0) is 23.2. The molecule has 2 aromatic carbocycles. The van der Waals surface area contributed by atoms with Crippen molar-refractivity contribution in [1.82, 2.24) is 14.8 Å². The molecular formula is C27H31N3O3. The molecule has 0 bridgehead atoms. The number of nitrogens with zero attached hydrogens (tertiary/aromatic N) is 2. The molecule has 0 saturated carbocycles. The number of fused-ring (bicyclic) bond motifs is 5. The maximum absolute atomic E-state index is 13.9. The summed E-state index contributed by atoms with van der Waals surface area (Å²) in [5.41, 5.74) is 4.38. The van der Waals surface area contributed by atoms with Gasteiger partial charge in [0, 0.05) is 43.6 Å². The average Bonchev–Trinajstić information content (AvgIpc) is 3.23. The van der Waals surface area contributed by atoms with Crippen LogP contribution in [0.3, 0.4) is 0 Å². The SMILES string of the molecule is CCc1ccc([C@@H]2CN3C(=O)CN(CCCOC)C(=O)[C@]3(C)c3[nH]c4ccccc4c32)cc1. The number of benzene rings is 2. The van der Waals surface area contributed by atoms with E-state index in [0.29, 0.717) is 26.1 Å². The van der Waals surface area contributed by atoms with Crippen molar-refractivity contribution < 1.29 is 14.3 Å². The lowest BCUT2D eigenvalue weighted by Gasteiger charge is -2.51. The maximum Gasteiger partial charge on any atom is 0.254 e. The predicted octanol–water partition coefficient (Wildman–Crippen LogP) is 3.80. The number of carbonyl (C=O) groups is 2. The molecule has 6 heteroatoms. The van der Waals surface area contributed by atoms with Crippen molar-refractivity contribution in [3.05, 3.63) is 70.9 Å². The molecule has 1 aromatic heterocycles. The van der Waals surface area contributed by atoms with Crippen molar-refractivity contribution >= 4 is 22.7 Å². The van der Waals surface area contributed by atoms with E-state index in [1.165, 1.54) is 11.1 Å². The summed E-state index contributed by atoms with van der Waals surface area (Å²) in [6.45, 7) is 5.74. The molecule has 2 atom stereocenters. The van der Waals surface area contributed by atoms with E-state index in [0.717, 1.165) is 28.6 Å². The van der Waals surface area contributed by atoms with Crippen molar-refractivity contribution in [2.24, 2.45) is 0 Å². The van der Waals surface area contributed by atoms with E-state index in [2.05, 4.69) is 42.2 Å². The summed E-state index contributed by atoms with van der Waals surface area (Å²) >= 11 is 0. The molecule has 172 valence electrons. The molecule has 2 aliphatic rings. The van der Waals surface area contributed by atoms with Gasteiger partial charge in [0.2, 0.25) is 5.91 Å². The molecule has 5 rings (SSSR count). The van der Waals surface area contributed by atoms with Crippen LogP contribution >= 0.6 is 0 Å². The lowest BCUT2D eigenvalue weighted by Crippen LogP contribution is -2.67. The number of hydrogen-bond donors (Lipinski definition) is 1. The van der Waals surface area contributed by atoms with E-state index in [-0.39, 0.29) is 24.3 Å². The van der Waals surface area contributed by atoms with Crippen LogP contribution in [0.4, 0.5) is 0 Å². The highest BCUT2D eigenvalue weighted by Crippen LogP contribution is 2.48. The van der Waals surface area contributed by atoms with Crippen molar-refractivity contribution in [1.29, 1.82) is 0 Å². The number of aromatic nitrogens is 1. The molecule has 0 spiro atoms. The Balaban J connectivity index is 1.65. The lowest BCUT2D eigenvalue weighted by atomic mass is 9.76. The van der Waals surface area contributed by atoms with Crippen LogP contribution in [-0.4, -0.2) is 59.9 Å². The van der Waals surface area contributed by atoms with Crippen LogP contribution in [0.5, 0.6) is 0 Å². The van der Waals surface area contributed by atoms with Crippen LogP contribution in [0.1, 0.15) is 48.6 Å². The van der Waals surface area contributed by atoms with Gasteiger partial charge in [-0.1, -0.05) is 49.4 Å². The second-order valence-electron chi connectivity index (χ2n) is 9.26. The molecule has 3 heterocycles. The van der Waals surface area contributed by atoms with Crippen molar-refractivity contribution in [3.63, 3.8) is 0 Å². The summed E-state index contributed by atoms with van der Waals surface area (Å²) < 4.78 is 5.16. The Labute approximate surface area is 194 Å². The Kier molecular flexibility index (Phi) is 5.49. The van der Waals surface area contributed by atoms with Crippen LogP contribution in [0, 0.1) is 0 Å². The third kappa shape index (κ3) is 3.35. The predicted molar refractivity (Wildman–Crippen MR) is 128 cm³/mol. The quantitative estimate of drug-likeness (QED) is 0.587. The molecule has 1 saturated heterocycles. The van der Waals surface area contributed by atoms with E-state index in [1.807, 2.05) is 25.1 Å². The Morgan fingerprint density at radius 3 is 2.61 bits per heavy atom. The first-order chi connectivity index (χ1) is 16.0. The van der Waals surface area contributed by atoms with Gasteiger partial charge in [-0.15, -0.1) is 0 Å². The number of methoxy groups -OCH3 is 1. The number of hydrogen-bond acceptors (Lipinski definition) is 3. The second kappa shape index (κ2) is 8.34. The van der Waals surface area contributed by atoms with Gasteiger partial charge in [-0.2, -0.15) is 0 Å². The molecule has 2 amide bonds. The molecule has 0 radical (unpaired) electrons. The fourth-order valence-corrected chi connectivity index (χ4v) is 5.54. The molecular weight excluding hydrogens is 414 g/mol. The molecule has 6 nitrogen and oxygen atoms in total. The number of ether oxygens (including phenoxy) is 1. The largest absolute Gasteiger partial charge is 0.385 e. The monoisotopic (exact) mass is 445 g/mol. The highest BCUT2D eigenvalue weighted by molar-refractivity contribution is 6.01. The first-order valence-corrected chi connectivity index (χ1v) is 11.8. The molecule has 0 aliphatic carbocycles. The summed E-state index contributed by atoms with van der Waals surface area (Å²) in [6, 6.07) is 16.9. The zero-order valence-electron chi connectivity index (χ0n) is 19.6. The number of H-pyrrole nitrogens is 1. The Hall–Kier alpha value is -3.12. The fourth-order valence-electron chi connectivity index (χ4n) is 5.54. The van der Waals surface area contributed by atoms with Crippen LogP contribution in [0.2, 0.25) is 0 Å². The van der Waals surface area contributed by atoms with Gasteiger partial charge in [-0.25, -0.2) is 0 Å². The standard InChI is InChI=1S/C27H31N3O3/c1-4-18-10-12-19(13-11-18)21-16-30-23(31)17-29(14-7-15-33-3)26(32)27(30,2)25-24(21)20-8-5-6-9-22(20)28-25/h5-6,8-13,21,28H,4,7,14-17H2,1-3H3/t21-,27-/m0/s1. The van der Waals surface area contributed by atoms with Gasteiger partial charge < -0.3 is 19.5 Å². The number of aryl methyl sites for hydroxylation is 1. The second-order valence-corrected chi connectivity index (χ2v) is 9.26. The minimum Gasteiger partial charge on any atom is -0.385 e. The van der Waals surface area contributed by atoms with Gasteiger partial charge >= 0.3 is 0 Å². The van der Waals surface area contributed by atoms with Gasteiger partial charge in [0.15, 0.2) is 5.54 Å². The van der Waals surface area contributed by atoms with Crippen molar-refractivity contribution in [2.45, 2.75) is 38.1 Å². The number of amides is 2. The fraction of sp³-hybridized carbons (Fsp3) is 0.407. The third-order valence-electron chi connectivity index (χ3n) is 7.38. The summed E-state index contributed by atoms with van der Waals surface area (Å²) in [6.07, 6.45) is 1.69. The number of carbonyl (C=O) groups excluding carboxylic acids is 2. The van der Waals surface area contributed by atoms with Crippen LogP contribution in [0.25, 0.3) is 10.9 Å². The normalized spacial score (nSPS) is 22.6. The first-order valence-electron chi connectivity index (χ1n) is 11.8. The minimum absolute atomic E-state index is 0.00555. The van der Waals surface area contributed by atoms with Crippen LogP contribution in [0.15, 0.2) is 48.5 Å². The Bertz CT molecular complexity index is 1200. The van der Waals surface area contributed by atoms with E-state index in [1.54, 1.807) is 16.9 Å². The number of piperazine rings is 1. The Morgan fingerprint density at radius 1 is 1.12 bits per heavy atom. The number of rotatable bonds is 6. The highest BCUT2D eigenvalue weighted by Gasteiger charge is 2.56. The van der Waals surface area contributed by atoms with Gasteiger partial charge in [0.25, 0.3) is 5.91 Å². The molecule has 1 fully saturated rings. The third-order valence-corrected chi connectivity index (χ3v) is 7.38. The molecule has 1 N–H and O–H groups in total. The topological polar surface area (TPSA) is 65.6 Å². The summed E-state index contributed by atoms with van der Waals surface area (Å²) in [7, 11) is 1.65. The van der Waals surface area contributed by atoms with E-state index in [9.17, 15) is 9.59 Å². The van der Waals surface area contributed by atoms with Gasteiger partial charge in [0.05, 0.1) is 12.2 Å². The van der Waals surface area contributed by atoms with E-state index < -0.39 is 5.54 Å². The lowest BCUT2D eigenvalue weighted by molar-refractivity contribution is -0.166. The summed E-state index contributed by atoms with van der Waals surface area (Å²) in [4.78, 5) is 34.3. The minimum atomic E-state index is -1.05. The van der Waals surface area contributed by atoms with Crippen molar-refractivity contribution in [2.75, 3.05) is 33.4 Å². The highest BCUT2D eigenvalue weighted by atomic mass is 16.5. The average molecular weight is 446 g/mol. The van der Waals surface area contributed by atoms with Gasteiger partial charge in [0.1, 0.15) is 0 Å². The van der Waals surface area contributed by atoms with E-state index in [4.69, 9.17) is 4.74 Å². The number of nitrogens with one attached hydrogen (secondary N) is 1. The van der Waals surface area contributed by atoms with Crippen molar-refractivity contribution in [3.8, 4) is 0 Å². The maximum atomic E-state index is 13.9. The zero-order valence-corrected chi connectivity index (χ0v) is 19.6. The summed E-state index contributed by atoms with van der Waals surface area (Å²) in [5, 5.41) is 1.12. The smallest absolute Gasteiger partial charge is 0.254 e. The summed E-state index contributed by atoms with van der Waals surface area (Å²) in [5.74, 6) is -0.0216. The van der Waals surface area contributed by atoms with Crippen LogP contribution in [-0.2, 0) is 26.3 Å². The first kappa shape index (κ1) is 21.7. The molecule has 33 heavy (non-hydrogen) atoms. The van der Waals surface area contributed by atoms with Crippen LogP contribution < -0.4 is 0 Å². The van der Waals surface area contributed by atoms with Gasteiger partial charge in [-0.05, 0) is 42.5 Å². The number of aromatic amines is 1. The molecule has 2 aliphatic heterocycles. The Morgan fingerprint density at radius 2 is 1.88 bits per heavy atom. The van der Waals surface area contributed by atoms with E-state index >= 15 is 0 Å². The number of para-hydroxylation sites is 1. The molecule has 0 unspecified atom stereocenters. The van der Waals surface area contributed by atoms with Gasteiger partial charge in [-0.3, -0.25) is 9.59 Å². The molecule has 3 aromatic rings.